The number of aliphatic hydroxyl groups is 1. The maximum absolute atomic E-state index is 13.9. The summed E-state index contributed by atoms with van der Waals surface area (Å²) >= 11 is 0. The molecule has 1 atom stereocenters. The average molecular weight is 454 g/mol. The van der Waals surface area contributed by atoms with Gasteiger partial charge in [0, 0.05) is 17.8 Å². The predicted molar refractivity (Wildman–Crippen MR) is 114 cm³/mol. The maximum Gasteiger partial charge on any atom is 0.260 e. The summed E-state index contributed by atoms with van der Waals surface area (Å²) in [5, 5.41) is 24.7. The number of hydrogen-bond acceptors (Lipinski definition) is 7. The van der Waals surface area contributed by atoms with Crippen LogP contribution in [0.15, 0.2) is 59.8 Å². The number of aryl methyl sites for hydroxylation is 1. The number of aromatic nitrogens is 2. The highest BCUT2D eigenvalue weighted by Gasteiger charge is 2.50. The third-order valence-electron chi connectivity index (χ3n) is 5.58. The van der Waals surface area contributed by atoms with Crippen molar-refractivity contribution < 1.29 is 28.6 Å². The van der Waals surface area contributed by atoms with E-state index in [0.717, 1.165) is 23.9 Å². The first-order chi connectivity index (χ1) is 15.9. The zero-order chi connectivity index (χ0) is 23.2. The second kappa shape index (κ2) is 7.89. The molecule has 33 heavy (non-hydrogen) atoms. The van der Waals surface area contributed by atoms with Crippen molar-refractivity contribution in [3.8, 4) is 11.4 Å². The first kappa shape index (κ1) is 21.0. The molecule has 0 saturated carbocycles. The number of phenolic OH excluding ortho intramolecular Hbond substituents is 1. The Labute approximate surface area is 187 Å². The molecule has 0 aliphatic carbocycles. The second-order valence-corrected chi connectivity index (χ2v) is 7.79. The number of fused-ring (bicyclic) bond motifs is 1. The lowest BCUT2D eigenvalue weighted by Crippen LogP contribution is -2.52. The fraction of sp³-hybridized carbons (Fsp3) is 0.217. The third kappa shape index (κ3) is 3.58. The van der Waals surface area contributed by atoms with Gasteiger partial charge in [0.25, 0.3) is 5.72 Å². The highest BCUT2D eigenvalue weighted by atomic mass is 19.1. The SMILES string of the molecule is Cc1cn(-c2ccc(/C=C3\OCCN4C3=NO[C@]4(CO)c3cc(F)cc(F)c3)cc2O)cn1. The van der Waals surface area contributed by atoms with Gasteiger partial charge in [0.1, 0.15) is 30.6 Å². The zero-order valence-corrected chi connectivity index (χ0v) is 17.6. The Hall–Kier alpha value is -3.92. The van der Waals surface area contributed by atoms with Gasteiger partial charge in [-0.15, -0.1) is 0 Å². The molecule has 8 nitrogen and oxygen atoms in total. The smallest absolute Gasteiger partial charge is 0.260 e. The van der Waals surface area contributed by atoms with Crippen molar-refractivity contribution in [3.63, 3.8) is 0 Å². The quantitative estimate of drug-likeness (QED) is 0.630. The largest absolute Gasteiger partial charge is 0.506 e. The van der Waals surface area contributed by atoms with Crippen molar-refractivity contribution >= 4 is 11.9 Å². The van der Waals surface area contributed by atoms with Crippen molar-refractivity contribution in [2.75, 3.05) is 19.8 Å². The molecule has 0 unspecified atom stereocenters. The van der Waals surface area contributed by atoms with E-state index in [2.05, 4.69) is 10.1 Å². The number of aliphatic hydroxyl groups excluding tert-OH is 1. The van der Waals surface area contributed by atoms with Gasteiger partial charge in [0.05, 0.1) is 24.3 Å². The van der Waals surface area contributed by atoms with Crippen molar-refractivity contribution in [1.29, 1.82) is 0 Å². The molecule has 0 bridgehead atoms. The molecule has 2 aliphatic heterocycles. The Balaban J connectivity index is 1.47. The highest BCUT2D eigenvalue weighted by molar-refractivity contribution is 6.01. The number of halogens is 2. The molecule has 2 aliphatic rings. The summed E-state index contributed by atoms with van der Waals surface area (Å²) in [6, 6.07) is 8.05. The standard InChI is InChI=1S/C23H20F2N4O4/c1-14-11-28(13-26-14)19-3-2-15(6-20(19)31)7-21-22-27-33-23(12-30,29(22)4-5-32-21)16-8-17(24)10-18(25)9-16/h2-3,6-11,13,30-31H,4-5,12H2,1H3/b21-7-/t23-/m1/s1. The summed E-state index contributed by atoms with van der Waals surface area (Å²) in [7, 11) is 0. The van der Waals surface area contributed by atoms with Gasteiger partial charge >= 0.3 is 0 Å². The van der Waals surface area contributed by atoms with E-state index < -0.39 is 24.0 Å². The van der Waals surface area contributed by atoms with Crippen molar-refractivity contribution in [2.24, 2.45) is 5.16 Å². The molecule has 1 aromatic heterocycles. The number of hydrogen-bond donors (Lipinski definition) is 2. The number of aromatic hydroxyl groups is 1. The molecule has 3 aromatic rings. The number of nitrogens with zero attached hydrogens (tertiary/aromatic N) is 4. The Kier molecular flexibility index (Phi) is 5.01. The van der Waals surface area contributed by atoms with Gasteiger partial charge in [-0.3, -0.25) is 0 Å². The normalized spacial score (nSPS) is 20.9. The summed E-state index contributed by atoms with van der Waals surface area (Å²) in [6.45, 7) is 1.77. The van der Waals surface area contributed by atoms with Gasteiger partial charge < -0.3 is 29.3 Å². The van der Waals surface area contributed by atoms with Gasteiger partial charge in [0.2, 0.25) is 5.84 Å². The van der Waals surface area contributed by atoms with Crippen molar-refractivity contribution in [3.05, 3.63) is 83.1 Å². The van der Waals surface area contributed by atoms with Crippen LogP contribution < -0.4 is 0 Å². The number of morpholine rings is 1. The molecule has 5 rings (SSSR count). The number of imidazole rings is 1. The number of phenols is 1. The van der Waals surface area contributed by atoms with Crippen LogP contribution in [-0.4, -0.2) is 50.3 Å². The van der Waals surface area contributed by atoms with E-state index in [1.165, 1.54) is 0 Å². The monoisotopic (exact) mass is 454 g/mol. The van der Waals surface area contributed by atoms with Gasteiger partial charge in [-0.2, -0.15) is 0 Å². The van der Waals surface area contributed by atoms with E-state index in [-0.39, 0.29) is 30.3 Å². The molecule has 2 N–H and O–H groups in total. The van der Waals surface area contributed by atoms with Crippen LogP contribution >= 0.6 is 0 Å². The van der Waals surface area contributed by atoms with Crippen LogP contribution in [-0.2, 0) is 15.3 Å². The Morgan fingerprint density at radius 2 is 1.97 bits per heavy atom. The molecule has 0 spiro atoms. The molecule has 2 aromatic carbocycles. The van der Waals surface area contributed by atoms with Gasteiger partial charge in [-0.1, -0.05) is 11.2 Å². The lowest BCUT2D eigenvalue weighted by atomic mass is 10.00. The lowest BCUT2D eigenvalue weighted by Gasteiger charge is -2.38. The van der Waals surface area contributed by atoms with E-state index >= 15 is 0 Å². The molecule has 0 amide bonds. The summed E-state index contributed by atoms with van der Waals surface area (Å²) in [4.78, 5) is 11.3. The highest BCUT2D eigenvalue weighted by Crippen LogP contribution is 2.39. The van der Waals surface area contributed by atoms with Crippen molar-refractivity contribution in [1.82, 2.24) is 14.5 Å². The van der Waals surface area contributed by atoms with Crippen LogP contribution in [0.25, 0.3) is 11.8 Å². The average Bonchev–Trinajstić information content (AvgIpc) is 3.38. The Bertz CT molecular complexity index is 1270. The Morgan fingerprint density at radius 1 is 1.18 bits per heavy atom. The first-order valence-electron chi connectivity index (χ1n) is 10.2. The number of rotatable bonds is 4. The van der Waals surface area contributed by atoms with E-state index in [9.17, 15) is 19.0 Å². The Morgan fingerprint density at radius 3 is 2.64 bits per heavy atom. The van der Waals surface area contributed by atoms with Gasteiger partial charge in [-0.25, -0.2) is 13.8 Å². The van der Waals surface area contributed by atoms with Crippen LogP contribution in [0.5, 0.6) is 5.75 Å². The molecule has 1 saturated heterocycles. The first-order valence-corrected chi connectivity index (χ1v) is 10.2. The predicted octanol–water partition coefficient (Wildman–Crippen LogP) is 3.03. The van der Waals surface area contributed by atoms with E-state index in [1.54, 1.807) is 46.3 Å². The van der Waals surface area contributed by atoms with E-state index in [1.807, 2.05) is 6.92 Å². The number of oxime groups is 1. The fourth-order valence-electron chi connectivity index (χ4n) is 4.02. The summed E-state index contributed by atoms with van der Waals surface area (Å²) in [5.74, 6) is -0.933. The summed E-state index contributed by atoms with van der Waals surface area (Å²) in [5.41, 5.74) is 0.539. The molecular weight excluding hydrogens is 434 g/mol. The maximum atomic E-state index is 13.9. The van der Waals surface area contributed by atoms with Crippen LogP contribution in [0.3, 0.4) is 0 Å². The van der Waals surface area contributed by atoms with Crippen LogP contribution in [0.4, 0.5) is 8.78 Å². The number of benzene rings is 2. The van der Waals surface area contributed by atoms with Gasteiger partial charge in [0.15, 0.2) is 5.76 Å². The topological polar surface area (TPSA) is 92.3 Å². The molecule has 1 fully saturated rings. The minimum absolute atomic E-state index is 0.0407. The number of ether oxygens (including phenoxy) is 1. The molecule has 3 heterocycles. The minimum atomic E-state index is -1.58. The van der Waals surface area contributed by atoms with Gasteiger partial charge in [-0.05, 0) is 42.8 Å². The second-order valence-electron chi connectivity index (χ2n) is 7.79. The third-order valence-corrected chi connectivity index (χ3v) is 5.58. The van der Waals surface area contributed by atoms with Crippen LogP contribution in [0.2, 0.25) is 0 Å². The van der Waals surface area contributed by atoms with Crippen LogP contribution in [0, 0.1) is 18.6 Å². The van der Waals surface area contributed by atoms with E-state index in [4.69, 9.17) is 9.57 Å². The van der Waals surface area contributed by atoms with Crippen molar-refractivity contribution in [2.45, 2.75) is 12.6 Å². The fourth-order valence-corrected chi connectivity index (χ4v) is 4.02. The number of amidine groups is 1. The molecule has 10 heteroatoms. The minimum Gasteiger partial charge on any atom is -0.506 e. The molecule has 170 valence electrons. The lowest BCUT2D eigenvalue weighted by molar-refractivity contribution is -0.141. The summed E-state index contributed by atoms with van der Waals surface area (Å²) in [6.07, 6.45) is 5.07. The molecular formula is C23H20F2N4O4. The summed E-state index contributed by atoms with van der Waals surface area (Å²) < 4.78 is 35.2. The van der Waals surface area contributed by atoms with E-state index in [0.29, 0.717) is 17.0 Å². The van der Waals surface area contributed by atoms with Crippen LogP contribution in [0.1, 0.15) is 16.8 Å². The zero-order valence-electron chi connectivity index (χ0n) is 17.6. The molecule has 0 radical (unpaired) electrons.